The van der Waals surface area contributed by atoms with Crippen molar-refractivity contribution in [1.29, 1.82) is 0 Å². The summed E-state index contributed by atoms with van der Waals surface area (Å²) in [7, 11) is 1.50. The van der Waals surface area contributed by atoms with Crippen LogP contribution in [0.2, 0.25) is 0 Å². The van der Waals surface area contributed by atoms with Crippen LogP contribution in [0.15, 0.2) is 16.6 Å². The molecule has 0 spiro atoms. The molecule has 0 aliphatic carbocycles. The summed E-state index contributed by atoms with van der Waals surface area (Å²) in [4.78, 5) is 30.4. The molecule has 3 atom stereocenters. The fourth-order valence-electron chi connectivity index (χ4n) is 3.57. The first-order valence-corrected chi connectivity index (χ1v) is 11.0. The number of amides is 1. The molecule has 2 aromatic rings. The molecule has 2 aliphatic heterocycles. The first kappa shape index (κ1) is 20.0. The van der Waals surface area contributed by atoms with Crippen LogP contribution in [0.3, 0.4) is 0 Å². The first-order chi connectivity index (χ1) is 13.9. The van der Waals surface area contributed by atoms with Crippen LogP contribution < -0.4 is 15.8 Å². The molecule has 154 valence electrons. The summed E-state index contributed by atoms with van der Waals surface area (Å²) in [5.41, 5.74) is 6.15. The van der Waals surface area contributed by atoms with Crippen molar-refractivity contribution in [3.63, 3.8) is 0 Å². The first-order valence-electron chi connectivity index (χ1n) is 9.16. The van der Waals surface area contributed by atoms with Crippen molar-refractivity contribution >= 4 is 40.0 Å². The number of carbonyl (C=O) groups is 1. The zero-order valence-corrected chi connectivity index (χ0v) is 18.0. The van der Waals surface area contributed by atoms with Crippen LogP contribution in [0, 0.1) is 12.8 Å². The molecule has 0 radical (unpaired) electrons. The lowest BCUT2D eigenvalue weighted by Crippen LogP contribution is -2.49. The van der Waals surface area contributed by atoms with Gasteiger partial charge >= 0.3 is 0 Å². The maximum absolute atomic E-state index is 12.6. The van der Waals surface area contributed by atoms with Crippen molar-refractivity contribution in [3.05, 3.63) is 28.0 Å². The molecular weight excluding hydrogens is 412 g/mol. The predicted octanol–water partition coefficient (Wildman–Crippen LogP) is 2.18. The summed E-state index contributed by atoms with van der Waals surface area (Å²) < 4.78 is 11.0. The number of amidine groups is 1. The van der Waals surface area contributed by atoms with Gasteiger partial charge in [-0.25, -0.2) is 19.9 Å². The van der Waals surface area contributed by atoms with Crippen molar-refractivity contribution in [2.75, 3.05) is 24.8 Å². The van der Waals surface area contributed by atoms with Crippen molar-refractivity contribution in [1.82, 2.24) is 15.0 Å². The zero-order chi connectivity index (χ0) is 20.6. The number of thiazole rings is 1. The van der Waals surface area contributed by atoms with Crippen LogP contribution in [-0.4, -0.2) is 51.6 Å². The Kier molecular flexibility index (Phi) is 5.45. The molecule has 0 aromatic carbocycles. The van der Waals surface area contributed by atoms with Gasteiger partial charge in [-0.05, 0) is 20.3 Å². The number of aryl methyl sites for hydroxylation is 1. The van der Waals surface area contributed by atoms with E-state index in [4.69, 9.17) is 20.2 Å². The second kappa shape index (κ2) is 7.88. The highest BCUT2D eigenvalue weighted by molar-refractivity contribution is 8.13. The third-order valence-electron chi connectivity index (χ3n) is 5.09. The Hall–Kier alpha value is -2.24. The number of nitrogens with one attached hydrogen (secondary N) is 1. The number of carbonyl (C=O) groups excluding carboxylic acids is 1. The second-order valence-corrected chi connectivity index (χ2v) is 8.98. The minimum Gasteiger partial charge on any atom is -0.480 e. The number of thioether (sulfide) groups is 1. The molecule has 0 saturated carbocycles. The Labute approximate surface area is 176 Å². The van der Waals surface area contributed by atoms with Crippen molar-refractivity contribution < 1.29 is 14.3 Å². The van der Waals surface area contributed by atoms with Gasteiger partial charge in [0.1, 0.15) is 22.1 Å². The van der Waals surface area contributed by atoms with E-state index in [2.05, 4.69) is 27.2 Å². The van der Waals surface area contributed by atoms with Gasteiger partial charge in [-0.1, -0.05) is 11.8 Å². The third kappa shape index (κ3) is 3.81. The maximum atomic E-state index is 12.6. The summed E-state index contributed by atoms with van der Waals surface area (Å²) in [5.74, 6) is 1.60. The molecule has 2 aliphatic rings. The Bertz CT molecular complexity index is 965. The number of hydrogen-bond donors (Lipinski definition) is 2. The smallest absolute Gasteiger partial charge is 0.277 e. The van der Waals surface area contributed by atoms with Crippen molar-refractivity contribution in [3.8, 4) is 5.88 Å². The number of rotatable bonds is 4. The van der Waals surface area contributed by atoms with Gasteiger partial charge < -0.3 is 20.5 Å². The lowest BCUT2D eigenvalue weighted by Gasteiger charge is -2.44. The highest BCUT2D eigenvalue weighted by Crippen LogP contribution is 2.47. The highest BCUT2D eigenvalue weighted by atomic mass is 32.2. The predicted molar refractivity (Wildman–Crippen MR) is 113 cm³/mol. The van der Waals surface area contributed by atoms with Crippen LogP contribution >= 0.6 is 23.1 Å². The Morgan fingerprint density at radius 2 is 2.28 bits per heavy atom. The number of aliphatic imine (C=N–C) groups is 1. The number of nitrogens with two attached hydrogens (primary N) is 1. The van der Waals surface area contributed by atoms with Gasteiger partial charge in [-0.15, -0.1) is 11.3 Å². The second-order valence-electron chi connectivity index (χ2n) is 7.08. The average molecular weight is 435 g/mol. The Morgan fingerprint density at radius 3 is 3.03 bits per heavy atom. The van der Waals surface area contributed by atoms with Gasteiger partial charge in [0.2, 0.25) is 5.88 Å². The zero-order valence-electron chi connectivity index (χ0n) is 16.3. The Morgan fingerprint density at radius 1 is 1.45 bits per heavy atom. The number of fused-ring (bicyclic) bond motifs is 1. The largest absolute Gasteiger partial charge is 0.480 e. The Balaban J connectivity index is 1.58. The number of ether oxygens (including phenoxy) is 2. The van der Waals surface area contributed by atoms with Crippen molar-refractivity contribution in [2.24, 2.45) is 16.6 Å². The molecule has 1 fully saturated rings. The standard InChI is InChI=1S/C18H22N6O3S2/c1-9-4-11-6-29-17(19)24-18(11,8-27-9)16-23-12(7-28-16)22-15(25)14-10(2)21-13(26-3)5-20-14/h5,7,9,11H,4,6,8H2,1-3H3,(H2,19,24)(H,22,25). The number of hydrogen-bond acceptors (Lipinski definition) is 10. The molecule has 11 heteroatoms. The quantitative estimate of drug-likeness (QED) is 0.750. The molecule has 2 aromatic heterocycles. The maximum Gasteiger partial charge on any atom is 0.277 e. The van der Waals surface area contributed by atoms with E-state index in [1.54, 1.807) is 24.1 Å². The summed E-state index contributed by atoms with van der Waals surface area (Å²) in [6.07, 6.45) is 2.49. The monoisotopic (exact) mass is 434 g/mol. The van der Waals surface area contributed by atoms with Gasteiger partial charge in [-0.3, -0.25) is 4.79 Å². The summed E-state index contributed by atoms with van der Waals surface area (Å²) >= 11 is 3.02. The van der Waals surface area contributed by atoms with E-state index in [9.17, 15) is 4.79 Å². The van der Waals surface area contributed by atoms with Crippen LogP contribution in [-0.2, 0) is 10.3 Å². The molecule has 0 bridgehead atoms. The van der Waals surface area contributed by atoms with E-state index in [0.29, 0.717) is 29.2 Å². The molecular formula is C18H22N6O3S2. The lowest BCUT2D eigenvalue weighted by atomic mass is 9.80. The SMILES string of the molecule is COc1cnc(C(=O)Nc2csc(C34COC(C)CC3CSC(N)=N4)n2)c(C)n1. The number of nitrogens with zero attached hydrogens (tertiary/aromatic N) is 4. The molecule has 29 heavy (non-hydrogen) atoms. The molecule has 4 heterocycles. The minimum absolute atomic E-state index is 0.180. The number of anilines is 1. The van der Waals surface area contributed by atoms with Crippen LogP contribution in [0.5, 0.6) is 5.88 Å². The van der Waals surface area contributed by atoms with Crippen LogP contribution in [0.1, 0.15) is 34.5 Å². The van der Waals surface area contributed by atoms with Crippen LogP contribution in [0.4, 0.5) is 5.82 Å². The summed E-state index contributed by atoms with van der Waals surface area (Å²) in [5, 5.41) is 5.94. The highest BCUT2D eigenvalue weighted by Gasteiger charge is 2.49. The number of aromatic nitrogens is 3. The average Bonchev–Trinajstić information content (AvgIpc) is 3.17. The van der Waals surface area contributed by atoms with E-state index in [1.807, 2.05) is 0 Å². The fraction of sp³-hybridized carbons (Fsp3) is 0.500. The summed E-state index contributed by atoms with van der Waals surface area (Å²) in [6, 6.07) is 0. The number of methoxy groups -OCH3 is 1. The van der Waals surface area contributed by atoms with Gasteiger partial charge in [0.15, 0.2) is 5.17 Å². The molecule has 4 rings (SSSR count). The van der Waals surface area contributed by atoms with E-state index < -0.39 is 5.54 Å². The molecule has 9 nitrogen and oxygen atoms in total. The normalized spacial score (nSPS) is 26.4. The van der Waals surface area contributed by atoms with Crippen molar-refractivity contribution in [2.45, 2.75) is 31.9 Å². The van der Waals surface area contributed by atoms with E-state index in [-0.39, 0.29) is 23.6 Å². The minimum atomic E-state index is -0.592. The molecule has 3 unspecified atom stereocenters. The van der Waals surface area contributed by atoms with Gasteiger partial charge in [-0.2, -0.15) is 0 Å². The summed E-state index contributed by atoms with van der Waals surface area (Å²) in [6.45, 7) is 4.21. The van der Waals surface area contributed by atoms with E-state index in [0.717, 1.165) is 17.2 Å². The fourth-order valence-corrected chi connectivity index (χ4v) is 5.54. The topological polar surface area (TPSA) is 125 Å². The van der Waals surface area contributed by atoms with E-state index >= 15 is 0 Å². The van der Waals surface area contributed by atoms with Crippen LogP contribution in [0.25, 0.3) is 0 Å². The molecule has 1 saturated heterocycles. The molecule has 3 N–H and O–H groups in total. The van der Waals surface area contributed by atoms with Gasteiger partial charge in [0, 0.05) is 17.1 Å². The molecule has 1 amide bonds. The van der Waals surface area contributed by atoms with Gasteiger partial charge in [0.05, 0.1) is 31.7 Å². The third-order valence-corrected chi connectivity index (χ3v) is 7.05. The van der Waals surface area contributed by atoms with E-state index in [1.165, 1.54) is 24.6 Å². The lowest BCUT2D eigenvalue weighted by molar-refractivity contribution is -0.0466. The van der Waals surface area contributed by atoms with Gasteiger partial charge in [0.25, 0.3) is 5.91 Å².